The van der Waals surface area contributed by atoms with Crippen molar-refractivity contribution in [3.05, 3.63) is 0 Å². The van der Waals surface area contributed by atoms with E-state index in [4.69, 9.17) is 0 Å². The van der Waals surface area contributed by atoms with Gasteiger partial charge in [0.25, 0.3) is 0 Å². The summed E-state index contributed by atoms with van der Waals surface area (Å²) in [5.41, 5.74) is 0. The summed E-state index contributed by atoms with van der Waals surface area (Å²) in [5, 5.41) is 3.33. The van der Waals surface area contributed by atoms with Crippen LogP contribution in [0.1, 0.15) is 70.6 Å². The fraction of sp³-hybridized carbons (Fsp3) is 0.941. The summed E-state index contributed by atoms with van der Waals surface area (Å²) >= 11 is 0. The van der Waals surface area contributed by atoms with Gasteiger partial charge >= 0.3 is 0 Å². The fourth-order valence-electron chi connectivity index (χ4n) is 3.55. The molecule has 1 amide bonds. The van der Waals surface area contributed by atoms with Crippen molar-refractivity contribution in [2.24, 2.45) is 5.92 Å². The van der Waals surface area contributed by atoms with Crippen LogP contribution in [0.25, 0.3) is 0 Å². The van der Waals surface area contributed by atoms with Gasteiger partial charge in [-0.15, -0.1) is 0 Å². The molecule has 0 radical (unpaired) electrons. The molecule has 20 heavy (non-hydrogen) atoms. The number of carbonyl (C=O) groups excluding carboxylic acids is 1. The number of carbonyl (C=O) groups is 1. The Labute approximate surface area is 124 Å². The van der Waals surface area contributed by atoms with E-state index in [1.807, 2.05) is 0 Å². The summed E-state index contributed by atoms with van der Waals surface area (Å²) in [7, 11) is 0. The van der Waals surface area contributed by atoms with Crippen LogP contribution in [-0.4, -0.2) is 37.0 Å². The molecule has 2 fully saturated rings. The quantitative estimate of drug-likeness (QED) is 0.799. The molecular formula is C17H32N2O. The maximum absolute atomic E-state index is 12.7. The molecule has 2 rings (SSSR count). The van der Waals surface area contributed by atoms with Gasteiger partial charge in [-0.2, -0.15) is 0 Å². The zero-order chi connectivity index (χ0) is 14.0. The Kier molecular flexibility index (Phi) is 7.42. The lowest BCUT2D eigenvalue weighted by molar-refractivity contribution is -0.136. The highest BCUT2D eigenvalue weighted by atomic mass is 16.2. The first-order chi connectivity index (χ1) is 9.88. The molecule has 0 aromatic carbocycles. The Morgan fingerprint density at radius 1 is 0.750 bits per heavy atom. The van der Waals surface area contributed by atoms with Crippen molar-refractivity contribution in [1.29, 1.82) is 0 Å². The lowest BCUT2D eigenvalue weighted by atomic mass is 9.91. The number of amides is 1. The molecule has 2 aliphatic rings. The summed E-state index contributed by atoms with van der Waals surface area (Å²) in [4.78, 5) is 14.8. The summed E-state index contributed by atoms with van der Waals surface area (Å²) < 4.78 is 0. The maximum Gasteiger partial charge on any atom is 0.225 e. The van der Waals surface area contributed by atoms with Crippen LogP contribution in [0, 0.1) is 5.92 Å². The van der Waals surface area contributed by atoms with Crippen molar-refractivity contribution >= 4 is 5.91 Å². The van der Waals surface area contributed by atoms with E-state index in [0.717, 1.165) is 39.0 Å². The van der Waals surface area contributed by atoms with Gasteiger partial charge in [-0.05, 0) is 12.8 Å². The van der Waals surface area contributed by atoms with Crippen LogP contribution in [-0.2, 0) is 4.79 Å². The van der Waals surface area contributed by atoms with Crippen LogP contribution in [0.2, 0.25) is 0 Å². The van der Waals surface area contributed by atoms with Crippen LogP contribution < -0.4 is 5.32 Å². The van der Waals surface area contributed by atoms with Crippen molar-refractivity contribution in [1.82, 2.24) is 10.2 Å². The van der Waals surface area contributed by atoms with E-state index in [-0.39, 0.29) is 0 Å². The molecule has 0 spiro atoms. The van der Waals surface area contributed by atoms with Gasteiger partial charge in [-0.25, -0.2) is 0 Å². The fourth-order valence-corrected chi connectivity index (χ4v) is 3.55. The van der Waals surface area contributed by atoms with E-state index in [1.54, 1.807) is 0 Å². The third-order valence-corrected chi connectivity index (χ3v) is 4.88. The molecule has 116 valence electrons. The predicted octanol–water partition coefficient (Wildman–Crippen LogP) is 3.34. The summed E-state index contributed by atoms with van der Waals surface area (Å²) in [5.74, 6) is 0.760. The highest BCUT2D eigenvalue weighted by Crippen LogP contribution is 2.23. The first-order valence-electron chi connectivity index (χ1n) is 8.87. The second-order valence-electron chi connectivity index (χ2n) is 6.53. The van der Waals surface area contributed by atoms with Gasteiger partial charge in [0.1, 0.15) is 0 Å². The van der Waals surface area contributed by atoms with Gasteiger partial charge in [0.2, 0.25) is 5.91 Å². The monoisotopic (exact) mass is 280 g/mol. The number of nitrogens with zero attached hydrogens (tertiary/aromatic N) is 1. The van der Waals surface area contributed by atoms with Crippen LogP contribution in [0.4, 0.5) is 0 Å². The second-order valence-corrected chi connectivity index (χ2v) is 6.53. The van der Waals surface area contributed by atoms with Crippen LogP contribution in [0.15, 0.2) is 0 Å². The summed E-state index contributed by atoms with van der Waals surface area (Å²) in [6, 6.07) is 0. The minimum atomic E-state index is 0.313. The number of rotatable bonds is 1. The average molecular weight is 280 g/mol. The average Bonchev–Trinajstić information content (AvgIpc) is 2.48. The van der Waals surface area contributed by atoms with Crippen molar-refractivity contribution < 1.29 is 4.79 Å². The molecule has 0 unspecified atom stereocenters. The van der Waals surface area contributed by atoms with E-state index < -0.39 is 0 Å². The maximum atomic E-state index is 12.7. The first kappa shape index (κ1) is 15.8. The van der Waals surface area contributed by atoms with Crippen LogP contribution in [0.5, 0.6) is 0 Å². The zero-order valence-electron chi connectivity index (χ0n) is 13.0. The van der Waals surface area contributed by atoms with Crippen molar-refractivity contribution in [3.8, 4) is 0 Å². The Bertz CT molecular complexity index is 262. The molecule has 0 aromatic heterocycles. The minimum absolute atomic E-state index is 0.313. The van der Waals surface area contributed by atoms with Crippen molar-refractivity contribution in [2.75, 3.05) is 26.2 Å². The third kappa shape index (κ3) is 5.43. The number of nitrogens with one attached hydrogen (secondary N) is 1. The molecular weight excluding hydrogens is 248 g/mol. The van der Waals surface area contributed by atoms with E-state index in [1.165, 1.54) is 57.8 Å². The summed E-state index contributed by atoms with van der Waals surface area (Å²) in [6.45, 7) is 3.77. The highest BCUT2D eigenvalue weighted by Gasteiger charge is 2.24. The smallest absolute Gasteiger partial charge is 0.225 e. The molecule has 0 atom stereocenters. The van der Waals surface area contributed by atoms with Gasteiger partial charge in [-0.1, -0.05) is 57.8 Å². The molecule has 0 aromatic rings. The van der Waals surface area contributed by atoms with Gasteiger partial charge in [-0.3, -0.25) is 4.79 Å². The Morgan fingerprint density at radius 3 is 1.70 bits per heavy atom. The van der Waals surface area contributed by atoms with Crippen molar-refractivity contribution in [2.45, 2.75) is 70.6 Å². The summed E-state index contributed by atoms with van der Waals surface area (Å²) in [6.07, 6.45) is 14.4. The van der Waals surface area contributed by atoms with Crippen LogP contribution in [0.3, 0.4) is 0 Å². The standard InChI is InChI=1S/C17H32N2O/c20-17(19-14-12-18-13-15-19)16-10-8-6-4-2-1-3-5-7-9-11-16/h16,18H,1-15H2. The highest BCUT2D eigenvalue weighted by molar-refractivity contribution is 5.78. The molecule has 0 bridgehead atoms. The molecule has 1 heterocycles. The molecule has 1 aliphatic carbocycles. The topological polar surface area (TPSA) is 32.3 Å². The second kappa shape index (κ2) is 9.38. The Hall–Kier alpha value is -0.570. The molecule has 1 N–H and O–H groups in total. The zero-order valence-corrected chi connectivity index (χ0v) is 13.0. The lowest BCUT2D eigenvalue weighted by Gasteiger charge is -2.31. The van der Waals surface area contributed by atoms with Gasteiger partial charge in [0.05, 0.1) is 0 Å². The van der Waals surface area contributed by atoms with Crippen molar-refractivity contribution in [3.63, 3.8) is 0 Å². The molecule has 1 aliphatic heterocycles. The Balaban J connectivity index is 1.82. The molecule has 1 saturated carbocycles. The number of piperazine rings is 1. The lowest BCUT2D eigenvalue weighted by Crippen LogP contribution is -2.48. The van der Waals surface area contributed by atoms with Crippen LogP contribution >= 0.6 is 0 Å². The van der Waals surface area contributed by atoms with E-state index in [9.17, 15) is 4.79 Å². The first-order valence-corrected chi connectivity index (χ1v) is 8.87. The minimum Gasteiger partial charge on any atom is -0.340 e. The van der Waals surface area contributed by atoms with E-state index in [0.29, 0.717) is 11.8 Å². The third-order valence-electron chi connectivity index (χ3n) is 4.88. The van der Waals surface area contributed by atoms with E-state index in [2.05, 4.69) is 10.2 Å². The number of hydrogen-bond acceptors (Lipinski definition) is 2. The number of hydrogen-bond donors (Lipinski definition) is 1. The van der Waals surface area contributed by atoms with Gasteiger partial charge in [0, 0.05) is 32.1 Å². The Morgan fingerprint density at radius 2 is 1.20 bits per heavy atom. The largest absolute Gasteiger partial charge is 0.340 e. The normalized spacial score (nSPS) is 24.7. The predicted molar refractivity (Wildman–Crippen MR) is 83.7 cm³/mol. The van der Waals surface area contributed by atoms with Gasteiger partial charge < -0.3 is 10.2 Å². The molecule has 3 heteroatoms. The SMILES string of the molecule is O=C(C1CCCCCCCCCCC1)N1CCNCC1. The molecule has 1 saturated heterocycles. The van der Waals surface area contributed by atoms with E-state index >= 15 is 0 Å². The molecule has 3 nitrogen and oxygen atoms in total. The van der Waals surface area contributed by atoms with Gasteiger partial charge in [0.15, 0.2) is 0 Å².